The fourth-order valence-corrected chi connectivity index (χ4v) is 5.82. The first-order chi connectivity index (χ1) is 14.2. The van der Waals surface area contributed by atoms with E-state index in [0.717, 1.165) is 35.1 Å². The summed E-state index contributed by atoms with van der Waals surface area (Å²) >= 11 is 0. The highest BCUT2D eigenvalue weighted by molar-refractivity contribution is 6.60. The Hall–Kier alpha value is -1.86. The first kappa shape index (κ1) is 23.4. The van der Waals surface area contributed by atoms with Crippen LogP contribution in [0.2, 0.25) is 6.04 Å². The summed E-state index contributed by atoms with van der Waals surface area (Å²) < 4.78 is 29.9. The zero-order valence-corrected chi connectivity index (χ0v) is 19.1. The molecule has 2 rings (SSSR count). The Morgan fingerprint density at radius 3 is 1.93 bits per heavy atom. The molecule has 160 valence electrons. The topological polar surface area (TPSA) is 46.2 Å². The van der Waals surface area contributed by atoms with Crippen molar-refractivity contribution in [2.75, 3.05) is 33.0 Å². The molecule has 29 heavy (non-hydrogen) atoms. The third kappa shape index (κ3) is 6.85. The summed E-state index contributed by atoms with van der Waals surface area (Å²) in [5.41, 5.74) is 2.13. The van der Waals surface area contributed by atoms with Crippen LogP contribution in [0.4, 0.5) is 0 Å². The zero-order chi connectivity index (χ0) is 21.0. The zero-order valence-electron chi connectivity index (χ0n) is 18.1. The minimum absolute atomic E-state index is 0.534. The molecule has 2 aromatic rings. The maximum atomic E-state index is 6.24. The summed E-state index contributed by atoms with van der Waals surface area (Å²) in [5, 5.41) is 0. The first-order valence-corrected chi connectivity index (χ1v) is 12.5. The first-order valence-electron chi connectivity index (χ1n) is 10.6. The van der Waals surface area contributed by atoms with E-state index in [2.05, 4.69) is 18.2 Å². The maximum absolute atomic E-state index is 6.24. The number of rotatable bonds is 14. The van der Waals surface area contributed by atoms with Crippen LogP contribution < -0.4 is 9.47 Å². The van der Waals surface area contributed by atoms with Crippen molar-refractivity contribution < 1.29 is 22.8 Å². The summed E-state index contributed by atoms with van der Waals surface area (Å²) in [5.74, 6) is 1.54. The SMILES string of the molecule is CCOc1cccc(-c2ccccc2)c1OCCC[Si](OCC)(OCC)OCC. The molecular formula is C23H34O5Si. The fraction of sp³-hybridized carbons (Fsp3) is 0.478. The van der Waals surface area contributed by atoms with Gasteiger partial charge in [0.2, 0.25) is 0 Å². The Kier molecular flexibility index (Phi) is 10.2. The van der Waals surface area contributed by atoms with Gasteiger partial charge < -0.3 is 22.8 Å². The normalized spacial score (nSPS) is 11.4. The largest absolute Gasteiger partial charge is 0.501 e. The van der Waals surface area contributed by atoms with E-state index in [4.69, 9.17) is 22.8 Å². The van der Waals surface area contributed by atoms with Crippen molar-refractivity contribution in [3.05, 3.63) is 48.5 Å². The van der Waals surface area contributed by atoms with E-state index in [1.807, 2.05) is 58.0 Å². The molecule has 0 radical (unpaired) electrons. The van der Waals surface area contributed by atoms with Gasteiger partial charge in [-0.3, -0.25) is 0 Å². The highest BCUT2D eigenvalue weighted by atomic mass is 28.4. The predicted octanol–water partition coefficient (Wildman–Crippen LogP) is 5.57. The third-order valence-electron chi connectivity index (χ3n) is 4.33. The molecule has 6 heteroatoms. The van der Waals surface area contributed by atoms with E-state index in [-0.39, 0.29) is 0 Å². The van der Waals surface area contributed by atoms with Crippen molar-refractivity contribution in [2.24, 2.45) is 0 Å². The quantitative estimate of drug-likeness (QED) is 0.296. The average molecular weight is 419 g/mol. The van der Waals surface area contributed by atoms with Gasteiger partial charge in [0, 0.05) is 31.4 Å². The van der Waals surface area contributed by atoms with Crippen molar-refractivity contribution in [3.8, 4) is 22.6 Å². The van der Waals surface area contributed by atoms with Crippen LogP contribution in [0.3, 0.4) is 0 Å². The second kappa shape index (κ2) is 12.6. The Balaban J connectivity index is 2.12. The fourth-order valence-electron chi connectivity index (χ4n) is 3.24. The molecule has 2 aromatic carbocycles. The highest BCUT2D eigenvalue weighted by Crippen LogP contribution is 2.38. The number of hydrogen-bond acceptors (Lipinski definition) is 5. The van der Waals surface area contributed by atoms with Gasteiger partial charge in [0.1, 0.15) is 0 Å². The van der Waals surface area contributed by atoms with Gasteiger partial charge in [-0.1, -0.05) is 42.5 Å². The van der Waals surface area contributed by atoms with Gasteiger partial charge in [-0.2, -0.15) is 0 Å². The van der Waals surface area contributed by atoms with Crippen molar-refractivity contribution in [2.45, 2.75) is 40.2 Å². The van der Waals surface area contributed by atoms with E-state index >= 15 is 0 Å². The second-order valence-corrected chi connectivity index (χ2v) is 9.10. The van der Waals surface area contributed by atoms with Crippen LogP contribution in [0.5, 0.6) is 11.5 Å². The molecular weight excluding hydrogens is 384 g/mol. The van der Waals surface area contributed by atoms with Crippen molar-refractivity contribution in [1.29, 1.82) is 0 Å². The molecule has 0 amide bonds. The van der Waals surface area contributed by atoms with Crippen molar-refractivity contribution in [1.82, 2.24) is 0 Å². The van der Waals surface area contributed by atoms with Gasteiger partial charge in [0.05, 0.1) is 13.2 Å². The minimum atomic E-state index is -2.65. The van der Waals surface area contributed by atoms with Gasteiger partial charge in [0.25, 0.3) is 0 Å². The minimum Gasteiger partial charge on any atom is -0.490 e. The van der Waals surface area contributed by atoms with E-state index in [0.29, 0.717) is 33.0 Å². The lowest BCUT2D eigenvalue weighted by Crippen LogP contribution is -2.46. The molecule has 0 atom stereocenters. The Bertz CT molecular complexity index is 691. The summed E-state index contributed by atoms with van der Waals surface area (Å²) in [6.07, 6.45) is 0.779. The van der Waals surface area contributed by atoms with E-state index in [1.165, 1.54) is 0 Å². The Morgan fingerprint density at radius 2 is 1.34 bits per heavy atom. The number of hydrogen-bond donors (Lipinski definition) is 0. The average Bonchev–Trinajstić information content (AvgIpc) is 2.73. The van der Waals surface area contributed by atoms with Gasteiger partial charge >= 0.3 is 8.80 Å². The molecule has 0 saturated carbocycles. The second-order valence-electron chi connectivity index (χ2n) is 6.37. The van der Waals surface area contributed by atoms with Crippen LogP contribution in [0.15, 0.2) is 48.5 Å². The molecule has 0 aliphatic carbocycles. The smallest absolute Gasteiger partial charge is 0.490 e. The molecule has 0 aliphatic heterocycles. The van der Waals surface area contributed by atoms with Crippen LogP contribution in [-0.4, -0.2) is 41.8 Å². The van der Waals surface area contributed by atoms with E-state index in [9.17, 15) is 0 Å². The Morgan fingerprint density at radius 1 is 0.690 bits per heavy atom. The van der Waals surface area contributed by atoms with Crippen LogP contribution >= 0.6 is 0 Å². The molecule has 0 spiro atoms. The summed E-state index contributed by atoms with van der Waals surface area (Å²) in [7, 11) is -2.65. The van der Waals surface area contributed by atoms with E-state index < -0.39 is 8.80 Å². The molecule has 0 saturated heterocycles. The molecule has 0 heterocycles. The molecule has 0 fully saturated rings. The molecule has 0 N–H and O–H groups in total. The maximum Gasteiger partial charge on any atom is 0.501 e. The lowest BCUT2D eigenvalue weighted by Gasteiger charge is -2.28. The van der Waals surface area contributed by atoms with Gasteiger partial charge in [-0.05, 0) is 45.7 Å². The van der Waals surface area contributed by atoms with Crippen molar-refractivity contribution >= 4 is 8.80 Å². The lowest BCUT2D eigenvalue weighted by molar-refractivity contribution is 0.0696. The predicted molar refractivity (Wildman–Crippen MR) is 119 cm³/mol. The van der Waals surface area contributed by atoms with Gasteiger partial charge in [-0.15, -0.1) is 0 Å². The van der Waals surface area contributed by atoms with Crippen LogP contribution in [-0.2, 0) is 13.3 Å². The molecule has 0 unspecified atom stereocenters. The summed E-state index contributed by atoms with van der Waals surface area (Å²) in [6.45, 7) is 10.8. The molecule has 0 aromatic heterocycles. The monoisotopic (exact) mass is 418 g/mol. The van der Waals surface area contributed by atoms with Crippen LogP contribution in [0.1, 0.15) is 34.1 Å². The molecule has 5 nitrogen and oxygen atoms in total. The molecule has 0 bridgehead atoms. The number of para-hydroxylation sites is 1. The number of ether oxygens (including phenoxy) is 2. The van der Waals surface area contributed by atoms with Crippen molar-refractivity contribution in [3.63, 3.8) is 0 Å². The number of benzene rings is 2. The Labute approximate surface area is 176 Å². The summed E-state index contributed by atoms with van der Waals surface area (Å²) in [4.78, 5) is 0. The lowest BCUT2D eigenvalue weighted by atomic mass is 10.0. The van der Waals surface area contributed by atoms with Crippen LogP contribution in [0.25, 0.3) is 11.1 Å². The van der Waals surface area contributed by atoms with Crippen LogP contribution in [0, 0.1) is 0 Å². The summed E-state index contributed by atoms with van der Waals surface area (Å²) in [6, 6.07) is 17.0. The van der Waals surface area contributed by atoms with E-state index in [1.54, 1.807) is 0 Å². The van der Waals surface area contributed by atoms with Gasteiger partial charge in [-0.25, -0.2) is 0 Å². The third-order valence-corrected chi connectivity index (χ3v) is 7.48. The van der Waals surface area contributed by atoms with Gasteiger partial charge in [0.15, 0.2) is 11.5 Å². The standard InChI is InChI=1S/C23H34O5Si/c1-5-24-22-17-12-16-21(20-14-10-9-11-15-20)23(22)25-18-13-19-29(26-6-2,27-7-3)28-8-4/h9-12,14-17H,5-8,13,18-19H2,1-4H3. The molecule has 0 aliphatic rings. The highest BCUT2D eigenvalue weighted by Gasteiger charge is 2.39.